The number of para-hydroxylation sites is 7. The molecule has 12 heteroatoms. The summed E-state index contributed by atoms with van der Waals surface area (Å²) in [5, 5.41) is 29.7. The van der Waals surface area contributed by atoms with Gasteiger partial charge in [-0.15, -0.1) is 0 Å². The summed E-state index contributed by atoms with van der Waals surface area (Å²) in [7, 11) is 0. The summed E-state index contributed by atoms with van der Waals surface area (Å²) >= 11 is 0. The smallest absolute Gasteiger partial charge is 0.238 e. The highest BCUT2D eigenvalue weighted by Gasteiger charge is 2.26. The first-order chi connectivity index (χ1) is 70.0. The predicted octanol–water partition coefficient (Wildman–Crippen LogP) is 32.7. The molecule has 0 saturated heterocycles. The molecular weight excluding hydrogens is 1720 g/mol. The average molecular weight is 1800 g/mol. The lowest BCUT2D eigenvalue weighted by Gasteiger charge is -2.13. The lowest BCUT2D eigenvalue weighted by atomic mass is 9.99. The summed E-state index contributed by atoms with van der Waals surface area (Å²) in [4.78, 5) is 34.8. The van der Waals surface area contributed by atoms with E-state index in [1.54, 1.807) is 0 Å². The molecule has 9 aromatic heterocycles. The van der Waals surface area contributed by atoms with Crippen LogP contribution in [0.25, 0.3) is 259 Å². The molecule has 12 nitrogen and oxygen atoms in total. The fourth-order valence-electron chi connectivity index (χ4n) is 21.5. The first-order valence-electron chi connectivity index (χ1n) is 47.7. The molecule has 0 bridgehead atoms. The lowest BCUT2D eigenvalue weighted by molar-refractivity contribution is 0.955. The van der Waals surface area contributed by atoms with Crippen molar-refractivity contribution in [2.45, 2.75) is 0 Å². The van der Waals surface area contributed by atoms with Crippen molar-refractivity contribution in [3.8, 4) is 74.5 Å². The summed E-state index contributed by atoms with van der Waals surface area (Å²) in [6.07, 6.45) is 3.73. The molecule has 0 N–H and O–H groups in total. The summed E-state index contributed by atoms with van der Waals surface area (Å²) in [5.74, 6) is 4.64. The van der Waals surface area contributed by atoms with Gasteiger partial charge in [-0.05, 0) is 150 Å². The van der Waals surface area contributed by atoms with E-state index in [9.17, 15) is 0 Å². The van der Waals surface area contributed by atoms with Crippen molar-refractivity contribution in [3.63, 3.8) is 0 Å². The maximum atomic E-state index is 5.23. The van der Waals surface area contributed by atoms with Crippen molar-refractivity contribution >= 4 is 184 Å². The molecule has 21 aromatic carbocycles. The molecule has 0 unspecified atom stereocenters. The number of benzene rings is 21. The number of hydrogen-bond donors (Lipinski definition) is 0. The van der Waals surface area contributed by atoms with E-state index in [-0.39, 0.29) is 0 Å². The van der Waals surface area contributed by atoms with Crippen molar-refractivity contribution in [1.29, 1.82) is 0 Å². The zero-order valence-electron chi connectivity index (χ0n) is 76.2. The molecule has 0 amide bonds. The van der Waals surface area contributed by atoms with Gasteiger partial charge in [0.25, 0.3) is 0 Å². The van der Waals surface area contributed by atoms with Crippen LogP contribution in [0.2, 0.25) is 0 Å². The molecule has 30 rings (SSSR count). The first kappa shape index (κ1) is 81.4. The summed E-state index contributed by atoms with van der Waals surface area (Å²) in [6.45, 7) is 0. The minimum absolute atomic E-state index is 0.606. The molecule has 30 aromatic rings. The molecule has 0 aliphatic heterocycles. The average Bonchev–Trinajstić information content (AvgIpc) is 1.55. The maximum absolute atomic E-state index is 5.23. The monoisotopic (exact) mass is 1800 g/mol. The third-order valence-electron chi connectivity index (χ3n) is 27.8. The number of nitrogens with zero attached hydrogens (tertiary/aromatic N) is 12. The number of pyridine rings is 3. The van der Waals surface area contributed by atoms with Crippen LogP contribution < -0.4 is 0 Å². The number of rotatable bonds is 9. The molecule has 0 radical (unpaired) electrons. The SMILES string of the molecule is c1ccc(-c2ccc(-n3c4ccccc4c4ccc5c6ccccc6ccc5c43)nc2)nc1.c1ccc(-c2cccc(-n3c4ccccc4c4ccc5c6ccccc6ccc5c43)n2)cc1.c1ccc(-c2nc(-c3ccccc3)nc(-n3c4ccccc4c4ccc5c6ccccc6ccc5c43)n2)cc1.c1ccc(-n2c(-n3c4ccccc4c4ccc5c6ccccc6ccc5c43)nc3ccccc32)cc1. The number of fused-ring (bicyclic) bond motifs is 29. The van der Waals surface area contributed by atoms with Crippen LogP contribution in [0.3, 0.4) is 0 Å². The normalized spacial score (nSPS) is 11.7. The highest BCUT2D eigenvalue weighted by Crippen LogP contribution is 2.46. The Kier molecular flexibility index (Phi) is 19.6. The van der Waals surface area contributed by atoms with E-state index in [1.165, 1.54) is 151 Å². The standard InChI is InChI=1S/C35H22N4.C33H21N3.C31H20N2.C30H19N3/c1-3-12-24(13-4-1)33-36-34(25-14-5-2-6-15-25)38-35(37-33)39-31-18-10-9-17-28(31)30-22-21-27-26-16-8-7-11-23(26)19-20-29(27)32(30)39;1-2-11-23(12-3-1)35-31-17-9-7-15-29(31)34-33(35)36-30-16-8-6-14-26(30)28-21-20-25-24-13-5-4-10-22(24)18-19-27(25)32(28)36;1-2-10-22(11-3-1)28-14-8-16-30(32-28)33-29-15-7-6-13-25(29)27-20-19-24-23-12-5-4-9-21(23)17-18-26(24)31(27)33;1-2-8-22-20(7-1)12-14-25-23(22)15-16-26-24-9-3-4-11-28(24)33(30(25)26)29-17-13-21(19-32-29)27-10-5-6-18-31-27/h1-22H;1-21H;1-20H;1-19H. The van der Waals surface area contributed by atoms with Gasteiger partial charge < -0.3 is 0 Å². The van der Waals surface area contributed by atoms with Crippen molar-refractivity contribution < 1.29 is 0 Å². The summed E-state index contributed by atoms with van der Waals surface area (Å²) in [6, 6.07) is 171. The molecule has 0 spiro atoms. The zero-order chi connectivity index (χ0) is 93.0. The van der Waals surface area contributed by atoms with E-state index in [4.69, 9.17) is 29.9 Å². The zero-order valence-corrected chi connectivity index (χ0v) is 76.2. The number of hydrogen-bond acceptors (Lipinski definition) is 7. The molecule has 0 atom stereocenters. The molecule has 658 valence electrons. The lowest BCUT2D eigenvalue weighted by Crippen LogP contribution is -2.06. The van der Waals surface area contributed by atoms with Crippen molar-refractivity contribution in [3.05, 3.63) is 498 Å². The molecule has 0 aliphatic rings. The summed E-state index contributed by atoms with van der Waals surface area (Å²) < 4.78 is 11.5. The number of imidazole rings is 1. The fourth-order valence-corrected chi connectivity index (χ4v) is 21.5. The van der Waals surface area contributed by atoms with Crippen LogP contribution in [0.5, 0.6) is 0 Å². The second kappa shape index (κ2) is 34.0. The van der Waals surface area contributed by atoms with Gasteiger partial charge in [-0.2, -0.15) is 9.97 Å². The molecule has 0 fully saturated rings. The Labute approximate surface area is 808 Å². The quantitative estimate of drug-likeness (QED) is 0.132. The largest absolute Gasteiger partial charge is 0.293 e. The Morgan fingerprint density at radius 1 is 0.163 bits per heavy atom. The topological polar surface area (TPSA) is 115 Å². The second-order valence-corrected chi connectivity index (χ2v) is 35.7. The van der Waals surface area contributed by atoms with Gasteiger partial charge in [-0.25, -0.2) is 19.9 Å². The molecule has 9 heterocycles. The Balaban J connectivity index is 0.0000000944. The number of aromatic nitrogens is 12. The van der Waals surface area contributed by atoms with Gasteiger partial charge in [0, 0.05) is 105 Å². The van der Waals surface area contributed by atoms with Crippen LogP contribution in [0.1, 0.15) is 0 Å². The highest BCUT2D eigenvalue weighted by atomic mass is 15.3. The van der Waals surface area contributed by atoms with Crippen molar-refractivity contribution in [2.24, 2.45) is 0 Å². The van der Waals surface area contributed by atoms with Gasteiger partial charge >= 0.3 is 0 Å². The van der Waals surface area contributed by atoms with Gasteiger partial charge in [0.15, 0.2) is 11.6 Å². The minimum atomic E-state index is 0.606. The Hall–Kier alpha value is -19.2. The van der Waals surface area contributed by atoms with E-state index in [2.05, 4.69) is 428 Å². The fraction of sp³-hybridized carbons (Fsp3) is 0. The van der Waals surface area contributed by atoms with Crippen LogP contribution in [-0.4, -0.2) is 57.7 Å². The maximum Gasteiger partial charge on any atom is 0.238 e. The molecule has 0 aliphatic carbocycles. The molecular formula is C129H82N12. The minimum Gasteiger partial charge on any atom is -0.293 e. The second-order valence-electron chi connectivity index (χ2n) is 35.7. The van der Waals surface area contributed by atoms with E-state index >= 15 is 0 Å². The van der Waals surface area contributed by atoms with Crippen LogP contribution in [0.15, 0.2) is 498 Å². The predicted molar refractivity (Wildman–Crippen MR) is 586 cm³/mol. The van der Waals surface area contributed by atoms with Gasteiger partial charge in [0.05, 0.1) is 66.6 Å². The van der Waals surface area contributed by atoms with E-state index in [1.807, 2.05) is 97.3 Å². The van der Waals surface area contributed by atoms with E-state index < -0.39 is 0 Å². The van der Waals surface area contributed by atoms with Gasteiger partial charge in [-0.3, -0.25) is 27.8 Å². The Bertz CT molecular complexity index is 10100. The van der Waals surface area contributed by atoms with Crippen molar-refractivity contribution in [2.75, 3.05) is 0 Å². The van der Waals surface area contributed by atoms with Gasteiger partial charge in [0.1, 0.15) is 11.6 Å². The van der Waals surface area contributed by atoms with Crippen molar-refractivity contribution in [1.82, 2.24) is 57.7 Å². The third-order valence-corrected chi connectivity index (χ3v) is 27.8. The Morgan fingerprint density at radius 3 is 0.943 bits per heavy atom. The van der Waals surface area contributed by atoms with Crippen LogP contribution >= 0.6 is 0 Å². The van der Waals surface area contributed by atoms with Crippen LogP contribution in [0.4, 0.5) is 0 Å². The first-order valence-corrected chi connectivity index (χ1v) is 47.7. The third kappa shape index (κ3) is 13.8. The van der Waals surface area contributed by atoms with Gasteiger partial charge in [0.2, 0.25) is 11.9 Å². The van der Waals surface area contributed by atoms with E-state index in [0.717, 1.165) is 90.0 Å². The van der Waals surface area contributed by atoms with Crippen LogP contribution in [-0.2, 0) is 0 Å². The Morgan fingerprint density at radius 2 is 0.504 bits per heavy atom. The molecule has 0 saturated carbocycles. The van der Waals surface area contributed by atoms with E-state index in [0.29, 0.717) is 17.6 Å². The summed E-state index contributed by atoms with van der Waals surface area (Å²) in [5.41, 5.74) is 18.3. The van der Waals surface area contributed by atoms with Gasteiger partial charge in [-0.1, -0.05) is 400 Å². The molecule has 141 heavy (non-hydrogen) atoms. The van der Waals surface area contributed by atoms with Crippen LogP contribution in [0, 0.1) is 0 Å². The highest BCUT2D eigenvalue weighted by molar-refractivity contribution is 6.27.